The summed E-state index contributed by atoms with van der Waals surface area (Å²) in [6.45, 7) is 1.77. The molecule has 2 aromatic rings. The van der Waals surface area contributed by atoms with Crippen molar-refractivity contribution in [3.8, 4) is 5.75 Å². The molecule has 0 aliphatic heterocycles. The van der Waals surface area contributed by atoms with Gasteiger partial charge in [-0.2, -0.15) is 5.10 Å². The largest absolute Gasteiger partial charge is 0.497 e. The van der Waals surface area contributed by atoms with Gasteiger partial charge in [-0.1, -0.05) is 0 Å². The van der Waals surface area contributed by atoms with Gasteiger partial charge in [-0.15, -0.1) is 0 Å². The lowest BCUT2D eigenvalue weighted by Crippen LogP contribution is -2.06. The number of carbonyl (C=O) groups excluding carboxylic acids is 1. The number of methoxy groups -OCH3 is 1. The second kappa shape index (κ2) is 4.60. The number of aryl methyl sites for hydroxylation is 1. The molecule has 0 fully saturated rings. The Morgan fingerprint density at radius 3 is 2.61 bits per heavy atom. The number of nitrogens with zero attached hydrogens (tertiary/aromatic N) is 2. The molecule has 0 bridgehead atoms. The smallest absolute Gasteiger partial charge is 0.199 e. The van der Waals surface area contributed by atoms with Crippen molar-refractivity contribution >= 4 is 5.78 Å². The molecule has 18 heavy (non-hydrogen) atoms. The van der Waals surface area contributed by atoms with Crippen molar-refractivity contribution in [1.29, 1.82) is 0 Å². The number of ether oxygens (including phenoxy) is 1. The number of ketones is 1. The van der Waals surface area contributed by atoms with E-state index >= 15 is 0 Å². The van der Waals surface area contributed by atoms with E-state index in [1.807, 2.05) is 0 Å². The minimum Gasteiger partial charge on any atom is -0.497 e. The molecular formula is C13H13FN2O2. The topological polar surface area (TPSA) is 44.1 Å². The molecule has 2 rings (SSSR count). The zero-order chi connectivity index (χ0) is 13.3. The Kier molecular flexibility index (Phi) is 3.14. The van der Waals surface area contributed by atoms with E-state index in [1.165, 1.54) is 25.4 Å². The third-order valence-electron chi connectivity index (χ3n) is 2.90. The highest BCUT2D eigenvalue weighted by atomic mass is 19.1. The van der Waals surface area contributed by atoms with Crippen LogP contribution in [-0.2, 0) is 7.05 Å². The first-order valence-electron chi connectivity index (χ1n) is 5.41. The Bertz CT molecular complexity index is 605. The Hall–Kier alpha value is -2.17. The Morgan fingerprint density at radius 1 is 1.39 bits per heavy atom. The minimum absolute atomic E-state index is 0.0203. The number of benzene rings is 1. The van der Waals surface area contributed by atoms with Crippen LogP contribution in [0, 0.1) is 12.7 Å². The van der Waals surface area contributed by atoms with Gasteiger partial charge in [-0.25, -0.2) is 4.39 Å². The van der Waals surface area contributed by atoms with Crippen LogP contribution < -0.4 is 4.74 Å². The molecule has 0 spiro atoms. The highest BCUT2D eigenvalue weighted by Gasteiger charge is 2.18. The van der Waals surface area contributed by atoms with Gasteiger partial charge in [0.15, 0.2) is 5.78 Å². The SMILES string of the molecule is COc1ccc(C(=O)c2cnn(C)c2C)c(F)c1. The fourth-order valence-electron chi connectivity index (χ4n) is 1.67. The second-order valence-electron chi connectivity index (χ2n) is 3.94. The first kappa shape index (κ1) is 12.3. The number of hydrogen-bond acceptors (Lipinski definition) is 3. The zero-order valence-electron chi connectivity index (χ0n) is 10.4. The van der Waals surface area contributed by atoms with Crippen LogP contribution >= 0.6 is 0 Å². The van der Waals surface area contributed by atoms with Crippen LogP contribution in [-0.4, -0.2) is 22.7 Å². The highest BCUT2D eigenvalue weighted by molar-refractivity contribution is 6.09. The van der Waals surface area contributed by atoms with Crippen molar-refractivity contribution in [1.82, 2.24) is 9.78 Å². The molecule has 0 aliphatic carbocycles. The maximum atomic E-state index is 13.8. The van der Waals surface area contributed by atoms with E-state index in [9.17, 15) is 9.18 Å². The van der Waals surface area contributed by atoms with Gasteiger partial charge in [0.25, 0.3) is 0 Å². The molecule has 5 heteroatoms. The number of halogens is 1. The van der Waals surface area contributed by atoms with E-state index in [1.54, 1.807) is 24.7 Å². The third-order valence-corrected chi connectivity index (χ3v) is 2.90. The van der Waals surface area contributed by atoms with Gasteiger partial charge in [0, 0.05) is 18.8 Å². The molecule has 1 heterocycles. The number of aromatic nitrogens is 2. The maximum Gasteiger partial charge on any atom is 0.199 e. The molecule has 0 N–H and O–H groups in total. The predicted octanol–water partition coefficient (Wildman–Crippen LogP) is 2.11. The average molecular weight is 248 g/mol. The highest BCUT2D eigenvalue weighted by Crippen LogP contribution is 2.20. The summed E-state index contributed by atoms with van der Waals surface area (Å²) in [4.78, 5) is 12.2. The molecule has 0 atom stereocenters. The molecular weight excluding hydrogens is 235 g/mol. The molecule has 0 amide bonds. The van der Waals surface area contributed by atoms with Gasteiger partial charge in [0.1, 0.15) is 11.6 Å². The van der Waals surface area contributed by atoms with Crippen molar-refractivity contribution in [2.24, 2.45) is 7.05 Å². The summed E-state index contributed by atoms with van der Waals surface area (Å²) in [6.07, 6.45) is 1.45. The van der Waals surface area contributed by atoms with Crippen molar-refractivity contribution in [3.05, 3.63) is 47.0 Å². The summed E-state index contributed by atoms with van der Waals surface area (Å²) in [5.41, 5.74) is 1.13. The van der Waals surface area contributed by atoms with Gasteiger partial charge < -0.3 is 4.74 Å². The summed E-state index contributed by atoms with van der Waals surface area (Å²) in [5.74, 6) is -0.588. The van der Waals surface area contributed by atoms with Crippen molar-refractivity contribution in [2.45, 2.75) is 6.92 Å². The van der Waals surface area contributed by atoms with Crippen LogP contribution in [0.25, 0.3) is 0 Å². The van der Waals surface area contributed by atoms with E-state index in [0.29, 0.717) is 17.0 Å². The summed E-state index contributed by atoms with van der Waals surface area (Å²) in [6, 6.07) is 4.17. The lowest BCUT2D eigenvalue weighted by atomic mass is 10.0. The van der Waals surface area contributed by atoms with Gasteiger partial charge >= 0.3 is 0 Å². The predicted molar refractivity (Wildman–Crippen MR) is 64.3 cm³/mol. The quantitative estimate of drug-likeness (QED) is 0.781. The van der Waals surface area contributed by atoms with E-state index in [4.69, 9.17) is 4.74 Å². The minimum atomic E-state index is -0.595. The van der Waals surface area contributed by atoms with Crippen molar-refractivity contribution in [2.75, 3.05) is 7.11 Å². The summed E-state index contributed by atoms with van der Waals surface area (Å²) in [7, 11) is 3.18. The molecule has 1 aromatic carbocycles. The van der Waals surface area contributed by atoms with Crippen molar-refractivity contribution in [3.63, 3.8) is 0 Å². The lowest BCUT2D eigenvalue weighted by Gasteiger charge is -2.04. The molecule has 0 radical (unpaired) electrons. The molecule has 4 nitrogen and oxygen atoms in total. The Morgan fingerprint density at radius 2 is 2.11 bits per heavy atom. The molecule has 0 unspecified atom stereocenters. The van der Waals surface area contributed by atoms with Crippen LogP contribution in [0.3, 0.4) is 0 Å². The van der Waals surface area contributed by atoms with Crippen LogP contribution in [0.5, 0.6) is 5.75 Å². The van der Waals surface area contributed by atoms with Gasteiger partial charge in [0.05, 0.1) is 24.4 Å². The molecule has 0 saturated heterocycles. The van der Waals surface area contributed by atoms with Crippen LogP contribution in [0.15, 0.2) is 24.4 Å². The fourth-order valence-corrected chi connectivity index (χ4v) is 1.67. The summed E-state index contributed by atoms with van der Waals surface area (Å²) >= 11 is 0. The maximum absolute atomic E-state index is 13.8. The van der Waals surface area contributed by atoms with Crippen molar-refractivity contribution < 1.29 is 13.9 Å². The summed E-state index contributed by atoms with van der Waals surface area (Å²) in [5, 5.41) is 3.97. The lowest BCUT2D eigenvalue weighted by molar-refractivity contribution is 0.103. The fraction of sp³-hybridized carbons (Fsp3) is 0.231. The van der Waals surface area contributed by atoms with Crippen LogP contribution in [0.1, 0.15) is 21.6 Å². The van der Waals surface area contributed by atoms with Gasteiger partial charge in [-0.05, 0) is 19.1 Å². The second-order valence-corrected chi connectivity index (χ2v) is 3.94. The number of hydrogen-bond donors (Lipinski definition) is 0. The molecule has 0 saturated carbocycles. The number of carbonyl (C=O) groups is 1. The zero-order valence-corrected chi connectivity index (χ0v) is 10.4. The van der Waals surface area contributed by atoms with Gasteiger partial charge in [-0.3, -0.25) is 9.48 Å². The average Bonchev–Trinajstić information content (AvgIpc) is 2.69. The third kappa shape index (κ3) is 1.99. The molecule has 94 valence electrons. The Labute approximate surface area is 104 Å². The van der Waals surface area contributed by atoms with E-state index in [2.05, 4.69) is 5.10 Å². The first-order valence-corrected chi connectivity index (χ1v) is 5.41. The number of rotatable bonds is 3. The van der Waals surface area contributed by atoms with Crippen LogP contribution in [0.2, 0.25) is 0 Å². The van der Waals surface area contributed by atoms with Gasteiger partial charge in [0.2, 0.25) is 0 Å². The van der Waals surface area contributed by atoms with Crippen LogP contribution in [0.4, 0.5) is 4.39 Å². The summed E-state index contributed by atoms with van der Waals surface area (Å²) < 4.78 is 20.3. The standard InChI is InChI=1S/C13H13FN2O2/c1-8-11(7-15-16(8)2)13(17)10-5-4-9(18-3)6-12(10)14/h4-7H,1-3H3. The Balaban J connectivity index is 2.43. The molecule has 1 aromatic heterocycles. The molecule has 0 aliphatic rings. The normalized spacial score (nSPS) is 10.4. The monoisotopic (exact) mass is 248 g/mol. The first-order chi connectivity index (χ1) is 8.54. The van der Waals surface area contributed by atoms with E-state index in [0.717, 1.165) is 0 Å². The van der Waals surface area contributed by atoms with E-state index < -0.39 is 5.82 Å². The van der Waals surface area contributed by atoms with E-state index in [-0.39, 0.29) is 11.3 Å².